The van der Waals surface area contributed by atoms with Crippen molar-refractivity contribution in [3.8, 4) is 0 Å². The number of nitrogens with zero attached hydrogens (tertiary/aromatic N) is 2. The molecule has 1 heterocycles. The molecule has 0 saturated carbocycles. The molecule has 0 unspecified atom stereocenters. The normalized spacial score (nSPS) is 10.7. The Hall–Kier alpha value is -1.72. The standard InChI is InChI=1S/C13H18N4O/c14-6-9-18-8-3-7-15-13-16-10-11-4-1-2-5-12(11)17-13/h1-2,4-5,10H,3,6-9,14H2,(H,15,16,17). The summed E-state index contributed by atoms with van der Waals surface area (Å²) in [5.74, 6) is 0.660. The van der Waals surface area contributed by atoms with E-state index in [1.165, 1.54) is 0 Å². The van der Waals surface area contributed by atoms with Crippen LogP contribution < -0.4 is 11.1 Å². The van der Waals surface area contributed by atoms with Crippen molar-refractivity contribution < 1.29 is 4.74 Å². The summed E-state index contributed by atoms with van der Waals surface area (Å²) in [5, 5.41) is 4.23. The van der Waals surface area contributed by atoms with Crippen molar-refractivity contribution in [2.24, 2.45) is 5.73 Å². The second kappa shape index (κ2) is 6.88. The number of rotatable bonds is 7. The molecule has 0 aliphatic heterocycles. The summed E-state index contributed by atoms with van der Waals surface area (Å²) in [6, 6.07) is 7.93. The van der Waals surface area contributed by atoms with Crippen LogP contribution in [0, 0.1) is 0 Å². The summed E-state index contributed by atoms with van der Waals surface area (Å²) >= 11 is 0. The predicted octanol–water partition coefficient (Wildman–Crippen LogP) is 1.41. The Morgan fingerprint density at radius 3 is 3.00 bits per heavy atom. The van der Waals surface area contributed by atoms with Crippen molar-refractivity contribution in [3.63, 3.8) is 0 Å². The van der Waals surface area contributed by atoms with Crippen LogP contribution in [-0.2, 0) is 4.74 Å². The highest BCUT2D eigenvalue weighted by atomic mass is 16.5. The largest absolute Gasteiger partial charge is 0.380 e. The van der Waals surface area contributed by atoms with Gasteiger partial charge in [-0.05, 0) is 12.5 Å². The molecule has 3 N–H and O–H groups in total. The van der Waals surface area contributed by atoms with Gasteiger partial charge in [0.15, 0.2) is 0 Å². The summed E-state index contributed by atoms with van der Waals surface area (Å²) in [4.78, 5) is 8.68. The molecule has 0 fully saturated rings. The highest BCUT2D eigenvalue weighted by Crippen LogP contribution is 2.11. The molecule has 1 aromatic heterocycles. The van der Waals surface area contributed by atoms with Gasteiger partial charge in [0.2, 0.25) is 5.95 Å². The first-order chi connectivity index (χ1) is 8.90. The van der Waals surface area contributed by atoms with Gasteiger partial charge in [-0.1, -0.05) is 18.2 Å². The Labute approximate surface area is 106 Å². The maximum absolute atomic E-state index is 5.33. The Balaban J connectivity index is 1.81. The third-order valence-corrected chi connectivity index (χ3v) is 2.50. The molecule has 2 aromatic rings. The Kier molecular flexibility index (Phi) is 4.87. The fourth-order valence-electron chi connectivity index (χ4n) is 1.62. The molecule has 2 rings (SSSR count). The van der Waals surface area contributed by atoms with E-state index < -0.39 is 0 Å². The second-order valence-corrected chi connectivity index (χ2v) is 3.93. The zero-order valence-electron chi connectivity index (χ0n) is 10.3. The van der Waals surface area contributed by atoms with E-state index in [-0.39, 0.29) is 0 Å². The molecule has 0 saturated heterocycles. The van der Waals surface area contributed by atoms with Gasteiger partial charge in [0, 0.05) is 31.3 Å². The minimum absolute atomic E-state index is 0.571. The van der Waals surface area contributed by atoms with E-state index in [9.17, 15) is 0 Å². The second-order valence-electron chi connectivity index (χ2n) is 3.93. The molecule has 0 bridgehead atoms. The molecule has 0 aliphatic rings. The van der Waals surface area contributed by atoms with Crippen molar-refractivity contribution in [2.75, 3.05) is 31.6 Å². The lowest BCUT2D eigenvalue weighted by Gasteiger charge is -2.06. The molecular formula is C13H18N4O. The predicted molar refractivity (Wildman–Crippen MR) is 72.5 cm³/mol. The van der Waals surface area contributed by atoms with Crippen LogP contribution >= 0.6 is 0 Å². The van der Waals surface area contributed by atoms with Crippen molar-refractivity contribution in [2.45, 2.75) is 6.42 Å². The highest BCUT2D eigenvalue weighted by Gasteiger charge is 1.98. The minimum Gasteiger partial charge on any atom is -0.380 e. The Morgan fingerprint density at radius 2 is 2.11 bits per heavy atom. The molecule has 5 nitrogen and oxygen atoms in total. The number of aromatic nitrogens is 2. The van der Waals surface area contributed by atoms with E-state index in [1.54, 1.807) is 0 Å². The van der Waals surface area contributed by atoms with Crippen molar-refractivity contribution in [1.29, 1.82) is 0 Å². The molecule has 0 amide bonds. The van der Waals surface area contributed by atoms with Crippen LogP contribution in [0.15, 0.2) is 30.5 Å². The first-order valence-corrected chi connectivity index (χ1v) is 6.13. The van der Waals surface area contributed by atoms with Gasteiger partial charge in [0.25, 0.3) is 0 Å². The van der Waals surface area contributed by atoms with Gasteiger partial charge in [-0.3, -0.25) is 0 Å². The number of fused-ring (bicyclic) bond motifs is 1. The number of hydrogen-bond acceptors (Lipinski definition) is 5. The Morgan fingerprint density at radius 1 is 1.22 bits per heavy atom. The molecule has 0 atom stereocenters. The Bertz CT molecular complexity index is 489. The van der Waals surface area contributed by atoms with Crippen LogP contribution in [0.1, 0.15) is 6.42 Å². The molecule has 0 radical (unpaired) electrons. The molecule has 18 heavy (non-hydrogen) atoms. The van der Waals surface area contributed by atoms with Crippen LogP contribution in [0.2, 0.25) is 0 Å². The number of nitrogens with two attached hydrogens (primary N) is 1. The van der Waals surface area contributed by atoms with Gasteiger partial charge in [0.1, 0.15) is 0 Å². The summed E-state index contributed by atoms with van der Waals surface area (Å²) < 4.78 is 5.29. The molecule has 0 spiro atoms. The number of hydrogen-bond donors (Lipinski definition) is 2. The topological polar surface area (TPSA) is 73.1 Å². The van der Waals surface area contributed by atoms with Crippen molar-refractivity contribution in [1.82, 2.24) is 9.97 Å². The van der Waals surface area contributed by atoms with E-state index in [0.717, 1.165) is 23.9 Å². The van der Waals surface area contributed by atoms with Crippen LogP contribution in [-0.4, -0.2) is 36.3 Å². The first kappa shape index (κ1) is 12.7. The first-order valence-electron chi connectivity index (χ1n) is 6.13. The number of benzene rings is 1. The number of ether oxygens (including phenoxy) is 1. The van der Waals surface area contributed by atoms with Crippen LogP contribution in [0.3, 0.4) is 0 Å². The number of anilines is 1. The lowest BCUT2D eigenvalue weighted by Crippen LogP contribution is -2.12. The number of para-hydroxylation sites is 1. The fraction of sp³-hybridized carbons (Fsp3) is 0.385. The average molecular weight is 246 g/mol. The van der Waals surface area contributed by atoms with E-state index in [0.29, 0.717) is 25.7 Å². The summed E-state index contributed by atoms with van der Waals surface area (Å²) in [7, 11) is 0. The summed E-state index contributed by atoms with van der Waals surface area (Å²) in [6.45, 7) is 2.69. The van der Waals surface area contributed by atoms with E-state index in [2.05, 4.69) is 15.3 Å². The smallest absolute Gasteiger partial charge is 0.223 e. The summed E-state index contributed by atoms with van der Waals surface area (Å²) in [5.41, 5.74) is 6.28. The van der Waals surface area contributed by atoms with Gasteiger partial charge in [-0.15, -0.1) is 0 Å². The van der Waals surface area contributed by atoms with Crippen LogP contribution in [0.5, 0.6) is 0 Å². The van der Waals surface area contributed by atoms with Gasteiger partial charge in [-0.2, -0.15) is 0 Å². The monoisotopic (exact) mass is 246 g/mol. The van der Waals surface area contributed by atoms with Crippen LogP contribution in [0.25, 0.3) is 10.9 Å². The van der Waals surface area contributed by atoms with Crippen LogP contribution in [0.4, 0.5) is 5.95 Å². The SMILES string of the molecule is NCCOCCCNc1ncc2ccccc2n1. The molecule has 0 aliphatic carbocycles. The quantitative estimate of drug-likeness (QED) is 0.723. The van der Waals surface area contributed by atoms with E-state index >= 15 is 0 Å². The molecular weight excluding hydrogens is 228 g/mol. The van der Waals surface area contributed by atoms with Crippen molar-refractivity contribution >= 4 is 16.9 Å². The lowest BCUT2D eigenvalue weighted by atomic mass is 10.2. The zero-order chi connectivity index (χ0) is 12.6. The average Bonchev–Trinajstić information content (AvgIpc) is 2.42. The summed E-state index contributed by atoms with van der Waals surface area (Å²) in [6.07, 6.45) is 2.74. The third-order valence-electron chi connectivity index (χ3n) is 2.50. The molecule has 96 valence electrons. The zero-order valence-corrected chi connectivity index (χ0v) is 10.3. The molecule has 5 heteroatoms. The lowest BCUT2D eigenvalue weighted by molar-refractivity contribution is 0.141. The highest BCUT2D eigenvalue weighted by molar-refractivity contribution is 5.78. The van der Waals surface area contributed by atoms with Crippen molar-refractivity contribution in [3.05, 3.63) is 30.5 Å². The van der Waals surface area contributed by atoms with Gasteiger partial charge < -0.3 is 15.8 Å². The molecule has 1 aromatic carbocycles. The maximum atomic E-state index is 5.33. The minimum atomic E-state index is 0.571. The fourth-order valence-corrected chi connectivity index (χ4v) is 1.62. The maximum Gasteiger partial charge on any atom is 0.223 e. The van der Waals surface area contributed by atoms with E-state index in [1.807, 2.05) is 30.5 Å². The van der Waals surface area contributed by atoms with E-state index in [4.69, 9.17) is 10.5 Å². The van der Waals surface area contributed by atoms with Gasteiger partial charge >= 0.3 is 0 Å². The third kappa shape index (κ3) is 3.65. The van der Waals surface area contributed by atoms with Gasteiger partial charge in [-0.25, -0.2) is 9.97 Å². The van der Waals surface area contributed by atoms with Gasteiger partial charge in [0.05, 0.1) is 12.1 Å². The number of nitrogens with one attached hydrogen (secondary N) is 1.